The molecular weight excluding hydrogens is 779 g/mol. The van der Waals surface area contributed by atoms with Gasteiger partial charge in [0.15, 0.2) is 13.9 Å². The van der Waals surface area contributed by atoms with Crippen molar-refractivity contribution >= 4 is 50.6 Å². The second kappa shape index (κ2) is 16.2. The van der Waals surface area contributed by atoms with Crippen LogP contribution in [0.2, 0.25) is 0 Å². The molecule has 0 spiro atoms. The Bertz CT molecular complexity index is 3210. The highest BCUT2D eigenvalue weighted by atomic mass is 28.3. The van der Waals surface area contributed by atoms with Crippen LogP contribution in [0.1, 0.15) is 5.56 Å². The van der Waals surface area contributed by atoms with Crippen molar-refractivity contribution in [3.8, 4) is 50.7 Å². The van der Waals surface area contributed by atoms with E-state index < -0.39 is 8.07 Å². The van der Waals surface area contributed by atoms with Crippen LogP contribution in [0.3, 0.4) is 0 Å². The summed E-state index contributed by atoms with van der Waals surface area (Å²) in [5.41, 5.74) is 11.9. The van der Waals surface area contributed by atoms with Gasteiger partial charge >= 0.3 is 0 Å². The number of benzene rings is 9. The predicted octanol–water partition coefficient (Wildman–Crippen LogP) is 11.9. The summed E-state index contributed by atoms with van der Waals surface area (Å²) in [7, 11) is -2.72. The minimum absolute atomic E-state index is 0.712. The van der Waals surface area contributed by atoms with E-state index in [0.29, 0.717) is 5.82 Å². The van der Waals surface area contributed by atoms with Crippen LogP contribution in [0, 0.1) is 6.92 Å². The van der Waals surface area contributed by atoms with Crippen LogP contribution in [0.15, 0.2) is 243 Å². The first-order valence-electron chi connectivity index (χ1n) is 21.6. The van der Waals surface area contributed by atoms with Crippen molar-refractivity contribution in [2.75, 3.05) is 0 Å². The predicted molar refractivity (Wildman–Crippen MR) is 266 cm³/mol. The minimum Gasteiger partial charge on any atom is -0.309 e. The molecule has 298 valence electrons. The first-order valence-corrected chi connectivity index (χ1v) is 23.6. The minimum atomic E-state index is -2.72. The summed E-state index contributed by atoms with van der Waals surface area (Å²) >= 11 is 0. The van der Waals surface area contributed by atoms with Crippen molar-refractivity contribution < 1.29 is 0 Å². The molecule has 2 heterocycles. The van der Waals surface area contributed by atoms with E-state index in [9.17, 15) is 0 Å². The number of aryl methyl sites for hydroxylation is 1. The molecule has 0 amide bonds. The van der Waals surface area contributed by atoms with E-state index in [0.717, 1.165) is 44.9 Å². The normalized spacial score (nSPS) is 11.6. The summed E-state index contributed by atoms with van der Waals surface area (Å²) in [5.74, 6) is 0.712. The third-order valence-electron chi connectivity index (χ3n) is 12.4. The molecule has 0 saturated heterocycles. The maximum Gasteiger partial charge on any atom is 0.179 e. The summed E-state index contributed by atoms with van der Waals surface area (Å²) in [6, 6.07) is 88.0. The van der Waals surface area contributed by atoms with Crippen molar-refractivity contribution in [2.24, 2.45) is 0 Å². The Morgan fingerprint density at radius 3 is 1.40 bits per heavy atom. The monoisotopic (exact) mass is 821 g/mol. The van der Waals surface area contributed by atoms with Crippen LogP contribution in [0.4, 0.5) is 0 Å². The maximum absolute atomic E-state index is 5.11. The van der Waals surface area contributed by atoms with Gasteiger partial charge in [0.2, 0.25) is 0 Å². The molecule has 11 rings (SSSR count). The average Bonchev–Trinajstić information content (AvgIpc) is 3.68. The third kappa shape index (κ3) is 6.87. The second-order valence-electron chi connectivity index (χ2n) is 16.3. The van der Waals surface area contributed by atoms with E-state index >= 15 is 0 Å². The molecule has 0 saturated carbocycles. The van der Waals surface area contributed by atoms with Crippen molar-refractivity contribution in [3.63, 3.8) is 0 Å². The van der Waals surface area contributed by atoms with Crippen LogP contribution >= 0.6 is 0 Å². The van der Waals surface area contributed by atoms with E-state index in [1.165, 1.54) is 48.1 Å². The Balaban J connectivity index is 1.02. The fraction of sp³-hybridized carbons (Fsp3) is 0.0169. The number of nitrogens with zero attached hydrogens (tertiary/aromatic N) is 3. The molecule has 0 aliphatic carbocycles. The zero-order chi connectivity index (χ0) is 42.2. The Morgan fingerprint density at radius 2 is 0.810 bits per heavy atom. The van der Waals surface area contributed by atoms with Gasteiger partial charge in [-0.25, -0.2) is 9.97 Å². The molecule has 0 radical (unpaired) electrons. The molecule has 0 fully saturated rings. The number of hydrogen-bond donors (Lipinski definition) is 0. The van der Waals surface area contributed by atoms with Gasteiger partial charge in [0, 0.05) is 33.2 Å². The van der Waals surface area contributed by atoms with E-state index in [4.69, 9.17) is 9.97 Å². The third-order valence-corrected chi connectivity index (χ3v) is 17.2. The first kappa shape index (κ1) is 38.0. The van der Waals surface area contributed by atoms with Gasteiger partial charge < -0.3 is 4.57 Å². The highest BCUT2D eigenvalue weighted by molar-refractivity contribution is 7.20. The lowest BCUT2D eigenvalue weighted by Gasteiger charge is -2.34. The SMILES string of the molecule is Cc1ccc2c(c1)c1cc([Si](c3ccccc3)(c3ccccc3)c3ccccc3)ccc1n2-c1ccc(-c2cccc(-c3cc(-c4ccccc4)nc(-c4ccccc4)n3)c2)cc1. The Morgan fingerprint density at radius 1 is 0.333 bits per heavy atom. The molecule has 0 bridgehead atoms. The van der Waals surface area contributed by atoms with Crippen LogP contribution in [-0.4, -0.2) is 22.6 Å². The van der Waals surface area contributed by atoms with Gasteiger partial charge in [-0.15, -0.1) is 0 Å². The molecule has 9 aromatic carbocycles. The summed E-state index contributed by atoms with van der Waals surface area (Å²) in [5, 5.41) is 8.00. The highest BCUT2D eigenvalue weighted by Crippen LogP contribution is 2.35. The van der Waals surface area contributed by atoms with Crippen molar-refractivity contribution in [3.05, 3.63) is 248 Å². The van der Waals surface area contributed by atoms with Crippen LogP contribution < -0.4 is 20.7 Å². The Kier molecular flexibility index (Phi) is 9.76. The van der Waals surface area contributed by atoms with Gasteiger partial charge in [0.25, 0.3) is 0 Å². The van der Waals surface area contributed by atoms with Gasteiger partial charge in [-0.05, 0) is 81.3 Å². The molecular formula is C59H43N3Si. The molecule has 2 aromatic heterocycles. The quantitative estimate of drug-likeness (QED) is 0.107. The van der Waals surface area contributed by atoms with E-state index in [1.54, 1.807) is 0 Å². The zero-order valence-electron chi connectivity index (χ0n) is 34.9. The van der Waals surface area contributed by atoms with Crippen molar-refractivity contribution in [1.82, 2.24) is 14.5 Å². The Labute approximate surface area is 369 Å². The van der Waals surface area contributed by atoms with Gasteiger partial charge in [-0.3, -0.25) is 0 Å². The van der Waals surface area contributed by atoms with E-state index in [2.05, 4.69) is 230 Å². The number of aromatic nitrogens is 3. The molecule has 11 aromatic rings. The van der Waals surface area contributed by atoms with Gasteiger partial charge in [0.05, 0.1) is 22.4 Å². The molecule has 0 unspecified atom stereocenters. The molecule has 0 aliphatic rings. The summed E-state index contributed by atoms with van der Waals surface area (Å²) in [6.07, 6.45) is 0. The fourth-order valence-corrected chi connectivity index (χ4v) is 14.2. The topological polar surface area (TPSA) is 30.7 Å². The summed E-state index contributed by atoms with van der Waals surface area (Å²) in [6.45, 7) is 2.19. The number of fused-ring (bicyclic) bond motifs is 3. The second-order valence-corrected chi connectivity index (χ2v) is 20.1. The van der Waals surface area contributed by atoms with Crippen LogP contribution in [-0.2, 0) is 0 Å². The molecule has 0 aliphatic heterocycles. The van der Waals surface area contributed by atoms with Crippen LogP contribution in [0.25, 0.3) is 72.5 Å². The number of rotatable bonds is 9. The maximum atomic E-state index is 5.11. The van der Waals surface area contributed by atoms with Gasteiger partial charge in [0.1, 0.15) is 0 Å². The smallest absolute Gasteiger partial charge is 0.179 e. The molecule has 63 heavy (non-hydrogen) atoms. The summed E-state index contributed by atoms with van der Waals surface area (Å²) in [4.78, 5) is 10.1. The Hall–Kier alpha value is -7.92. The first-order chi connectivity index (χ1) is 31.1. The van der Waals surface area contributed by atoms with E-state index in [1.807, 2.05) is 24.3 Å². The van der Waals surface area contributed by atoms with Crippen LogP contribution in [0.5, 0.6) is 0 Å². The fourth-order valence-electron chi connectivity index (χ4n) is 9.44. The summed E-state index contributed by atoms with van der Waals surface area (Å²) < 4.78 is 2.43. The lowest BCUT2D eigenvalue weighted by atomic mass is 10.0. The molecule has 3 nitrogen and oxygen atoms in total. The van der Waals surface area contributed by atoms with E-state index in [-0.39, 0.29) is 0 Å². The standard InChI is InChI=1S/C59H43N3Si/c1-42-30-36-57-53(38-42)54-40-52(63(49-24-11-4-12-25-49,50-26-13-5-14-27-50)51-28-15-6-16-29-51)35-37-58(54)62(57)48-33-31-43(32-34-48)46-22-17-23-47(39-46)56-41-55(44-18-7-2-8-19-44)60-59(61-56)45-20-9-3-10-21-45/h2-41H,1H3. The lowest BCUT2D eigenvalue weighted by Crippen LogP contribution is -2.74. The van der Waals surface area contributed by atoms with Gasteiger partial charge in [-0.1, -0.05) is 206 Å². The average molecular weight is 822 g/mol. The van der Waals surface area contributed by atoms with Crippen molar-refractivity contribution in [1.29, 1.82) is 0 Å². The molecule has 0 N–H and O–H groups in total. The largest absolute Gasteiger partial charge is 0.309 e. The lowest BCUT2D eigenvalue weighted by molar-refractivity contribution is 1.18. The molecule has 0 atom stereocenters. The van der Waals surface area contributed by atoms with Crippen molar-refractivity contribution in [2.45, 2.75) is 6.92 Å². The van der Waals surface area contributed by atoms with Gasteiger partial charge in [-0.2, -0.15) is 0 Å². The number of hydrogen-bond acceptors (Lipinski definition) is 2. The molecule has 4 heteroatoms. The zero-order valence-corrected chi connectivity index (χ0v) is 35.9. The highest BCUT2D eigenvalue weighted by Gasteiger charge is 2.41.